The van der Waals surface area contributed by atoms with Crippen molar-refractivity contribution in [1.82, 2.24) is 4.90 Å². The van der Waals surface area contributed by atoms with E-state index >= 15 is 0 Å². The number of rotatable bonds is 3. The average Bonchev–Trinajstić information content (AvgIpc) is 2.97. The molecule has 1 aromatic heterocycles. The van der Waals surface area contributed by atoms with Gasteiger partial charge in [0, 0.05) is 6.54 Å². The van der Waals surface area contributed by atoms with Crippen LogP contribution in [-0.4, -0.2) is 42.8 Å². The second-order valence-electron chi connectivity index (χ2n) is 4.07. The van der Waals surface area contributed by atoms with E-state index in [2.05, 4.69) is 4.74 Å². The van der Waals surface area contributed by atoms with E-state index < -0.39 is 11.9 Å². The molecular formula is C12H13NO5. The molecule has 2 rings (SSSR count). The van der Waals surface area contributed by atoms with E-state index in [1.165, 1.54) is 18.3 Å². The molecule has 18 heavy (non-hydrogen) atoms. The topological polar surface area (TPSA) is 76.8 Å². The summed E-state index contributed by atoms with van der Waals surface area (Å²) < 4.78 is 9.58. The van der Waals surface area contributed by atoms with Crippen LogP contribution in [0.1, 0.15) is 5.76 Å². The van der Waals surface area contributed by atoms with Crippen LogP contribution in [0.25, 0.3) is 0 Å². The number of hydrogen-bond acceptors (Lipinski definition) is 5. The first kappa shape index (κ1) is 12.3. The van der Waals surface area contributed by atoms with Crippen LogP contribution in [-0.2, 0) is 25.5 Å². The molecule has 1 atom stereocenters. The molecule has 1 saturated heterocycles. The number of hydrogen-bond donors (Lipinski definition) is 0. The molecule has 1 unspecified atom stereocenters. The Bertz CT molecular complexity index is 465. The van der Waals surface area contributed by atoms with Crippen molar-refractivity contribution in [3.05, 3.63) is 24.2 Å². The van der Waals surface area contributed by atoms with Gasteiger partial charge in [0.15, 0.2) is 5.78 Å². The van der Waals surface area contributed by atoms with Crippen molar-refractivity contribution in [2.45, 2.75) is 6.42 Å². The second kappa shape index (κ2) is 5.03. The molecule has 0 bridgehead atoms. The first-order valence-electron chi connectivity index (χ1n) is 5.52. The fourth-order valence-electron chi connectivity index (χ4n) is 1.90. The van der Waals surface area contributed by atoms with Crippen LogP contribution in [0, 0.1) is 5.92 Å². The Morgan fingerprint density at radius 1 is 1.56 bits per heavy atom. The van der Waals surface area contributed by atoms with Crippen molar-refractivity contribution >= 4 is 17.7 Å². The largest absolute Gasteiger partial charge is 0.469 e. The van der Waals surface area contributed by atoms with Gasteiger partial charge in [0.2, 0.25) is 5.91 Å². The number of Topliss-reactive ketones (excluding diaryl/α,β-unsaturated/α-hetero) is 1. The standard InChI is InChI=1S/C12H13NO5/c1-17-12(16)9-6-13(7-10(9)14)11(15)5-8-3-2-4-18-8/h2-4,9H,5-7H2,1H3. The number of furan rings is 1. The van der Waals surface area contributed by atoms with Crippen LogP contribution in [0.5, 0.6) is 0 Å². The summed E-state index contributed by atoms with van der Waals surface area (Å²) in [6.45, 7) is 0.0460. The van der Waals surface area contributed by atoms with Crippen LogP contribution in [0.2, 0.25) is 0 Å². The summed E-state index contributed by atoms with van der Waals surface area (Å²) in [5.41, 5.74) is 0. The van der Waals surface area contributed by atoms with Gasteiger partial charge in [0.25, 0.3) is 0 Å². The highest BCUT2D eigenvalue weighted by Gasteiger charge is 2.38. The highest BCUT2D eigenvalue weighted by atomic mass is 16.5. The van der Waals surface area contributed by atoms with Crippen molar-refractivity contribution in [2.75, 3.05) is 20.2 Å². The Hall–Kier alpha value is -2.11. The van der Waals surface area contributed by atoms with Crippen LogP contribution in [0.4, 0.5) is 0 Å². The van der Waals surface area contributed by atoms with Crippen molar-refractivity contribution in [1.29, 1.82) is 0 Å². The van der Waals surface area contributed by atoms with E-state index in [0.29, 0.717) is 5.76 Å². The Balaban J connectivity index is 1.97. The number of likely N-dealkylation sites (tertiary alicyclic amines) is 1. The van der Waals surface area contributed by atoms with Crippen LogP contribution in [0.15, 0.2) is 22.8 Å². The highest BCUT2D eigenvalue weighted by molar-refractivity contribution is 6.04. The minimum atomic E-state index is -0.851. The SMILES string of the molecule is COC(=O)C1CN(C(=O)Cc2ccco2)CC1=O. The third-order valence-corrected chi connectivity index (χ3v) is 2.88. The van der Waals surface area contributed by atoms with Gasteiger partial charge in [-0.3, -0.25) is 14.4 Å². The van der Waals surface area contributed by atoms with E-state index in [4.69, 9.17) is 4.42 Å². The summed E-state index contributed by atoms with van der Waals surface area (Å²) in [6.07, 6.45) is 1.57. The third-order valence-electron chi connectivity index (χ3n) is 2.88. The first-order valence-corrected chi connectivity index (χ1v) is 5.52. The lowest BCUT2D eigenvalue weighted by Gasteiger charge is -2.13. The van der Waals surface area contributed by atoms with Crippen molar-refractivity contribution in [3.63, 3.8) is 0 Å². The average molecular weight is 251 g/mol. The van der Waals surface area contributed by atoms with E-state index in [1.807, 2.05) is 0 Å². The smallest absolute Gasteiger partial charge is 0.318 e. The summed E-state index contributed by atoms with van der Waals surface area (Å²) >= 11 is 0. The van der Waals surface area contributed by atoms with Gasteiger partial charge >= 0.3 is 5.97 Å². The van der Waals surface area contributed by atoms with Gasteiger partial charge < -0.3 is 14.1 Å². The van der Waals surface area contributed by atoms with Crippen LogP contribution >= 0.6 is 0 Å². The lowest BCUT2D eigenvalue weighted by atomic mass is 10.1. The first-order chi connectivity index (χ1) is 8.61. The van der Waals surface area contributed by atoms with Gasteiger partial charge in [0.05, 0.1) is 26.3 Å². The molecule has 1 fully saturated rings. The molecule has 0 aromatic carbocycles. The van der Waals surface area contributed by atoms with Gasteiger partial charge in [-0.25, -0.2) is 0 Å². The molecule has 0 saturated carbocycles. The van der Waals surface area contributed by atoms with Gasteiger partial charge in [-0.1, -0.05) is 0 Å². The van der Waals surface area contributed by atoms with Crippen molar-refractivity contribution in [2.24, 2.45) is 5.92 Å². The predicted molar refractivity (Wildman–Crippen MR) is 59.5 cm³/mol. The molecule has 1 aliphatic rings. The minimum Gasteiger partial charge on any atom is -0.469 e. The number of methoxy groups -OCH3 is 1. The quantitative estimate of drug-likeness (QED) is 0.559. The van der Waals surface area contributed by atoms with Crippen molar-refractivity contribution in [3.8, 4) is 0 Å². The summed E-state index contributed by atoms with van der Waals surface area (Å²) in [5.74, 6) is -1.42. The normalized spacial score (nSPS) is 19.1. The molecule has 0 N–H and O–H groups in total. The molecule has 0 spiro atoms. The Morgan fingerprint density at radius 3 is 2.94 bits per heavy atom. The predicted octanol–water partition coefficient (Wildman–Crippen LogP) is 0.0226. The number of nitrogens with zero attached hydrogens (tertiary/aromatic N) is 1. The summed E-state index contributed by atoms with van der Waals surface area (Å²) in [5, 5.41) is 0. The highest BCUT2D eigenvalue weighted by Crippen LogP contribution is 2.16. The number of esters is 1. The number of ketones is 1. The maximum Gasteiger partial charge on any atom is 0.318 e. The zero-order chi connectivity index (χ0) is 13.1. The summed E-state index contributed by atoms with van der Waals surface area (Å²) in [4.78, 5) is 36.1. The molecule has 96 valence electrons. The molecule has 6 nitrogen and oxygen atoms in total. The number of carbonyl (C=O) groups is 3. The van der Waals surface area contributed by atoms with E-state index in [-0.39, 0.29) is 31.2 Å². The summed E-state index contributed by atoms with van der Waals surface area (Å²) in [6, 6.07) is 3.38. The minimum absolute atomic E-state index is 0.0424. The molecule has 6 heteroatoms. The molecule has 1 amide bonds. The van der Waals surface area contributed by atoms with Crippen molar-refractivity contribution < 1.29 is 23.5 Å². The zero-order valence-corrected chi connectivity index (χ0v) is 9.92. The van der Waals surface area contributed by atoms with Crippen LogP contribution < -0.4 is 0 Å². The monoisotopic (exact) mass is 251 g/mol. The maximum atomic E-state index is 11.9. The molecule has 1 aromatic rings. The summed E-state index contributed by atoms with van der Waals surface area (Å²) in [7, 11) is 1.23. The number of ether oxygens (including phenoxy) is 1. The van der Waals surface area contributed by atoms with Gasteiger partial charge in [0.1, 0.15) is 11.7 Å². The molecular weight excluding hydrogens is 238 g/mol. The third kappa shape index (κ3) is 2.42. The number of amides is 1. The second-order valence-corrected chi connectivity index (χ2v) is 4.07. The lowest BCUT2D eigenvalue weighted by molar-refractivity contribution is -0.147. The Labute approximate surface area is 103 Å². The molecule has 0 radical (unpaired) electrons. The van der Waals surface area contributed by atoms with E-state index in [9.17, 15) is 14.4 Å². The van der Waals surface area contributed by atoms with Crippen LogP contribution in [0.3, 0.4) is 0 Å². The maximum absolute atomic E-state index is 11.9. The fraction of sp³-hybridized carbons (Fsp3) is 0.417. The Morgan fingerprint density at radius 2 is 2.33 bits per heavy atom. The van der Waals surface area contributed by atoms with Gasteiger partial charge in [-0.05, 0) is 12.1 Å². The van der Waals surface area contributed by atoms with Gasteiger partial charge in [-0.15, -0.1) is 0 Å². The molecule has 0 aliphatic carbocycles. The Kier molecular flexibility index (Phi) is 3.45. The lowest BCUT2D eigenvalue weighted by Crippen LogP contribution is -2.31. The number of carbonyl (C=O) groups excluding carboxylic acids is 3. The van der Waals surface area contributed by atoms with Gasteiger partial charge in [-0.2, -0.15) is 0 Å². The van der Waals surface area contributed by atoms with E-state index in [0.717, 1.165) is 0 Å². The molecule has 1 aliphatic heterocycles. The molecule has 2 heterocycles. The van der Waals surface area contributed by atoms with E-state index in [1.54, 1.807) is 12.1 Å². The zero-order valence-electron chi connectivity index (χ0n) is 9.92. The fourth-order valence-corrected chi connectivity index (χ4v) is 1.90.